The molecule has 4 heteroatoms. The van der Waals surface area contributed by atoms with Crippen molar-refractivity contribution in [2.24, 2.45) is 0 Å². The molecule has 1 aromatic carbocycles. The summed E-state index contributed by atoms with van der Waals surface area (Å²) in [6.45, 7) is 3.24. The number of benzene rings is 1. The molecule has 0 aromatic heterocycles. The van der Waals surface area contributed by atoms with Crippen LogP contribution < -0.4 is 0 Å². The van der Waals surface area contributed by atoms with Crippen molar-refractivity contribution in [1.29, 1.82) is 0 Å². The summed E-state index contributed by atoms with van der Waals surface area (Å²) in [4.78, 5) is 12.0. The SMILES string of the molecule is CCCC1(CCC(=O)c2ccc(F)cc2)OCCO1. The molecule has 3 nitrogen and oxygen atoms in total. The predicted molar refractivity (Wildman–Crippen MR) is 69.5 cm³/mol. The summed E-state index contributed by atoms with van der Waals surface area (Å²) >= 11 is 0. The highest BCUT2D eigenvalue weighted by atomic mass is 19.1. The summed E-state index contributed by atoms with van der Waals surface area (Å²) in [7, 11) is 0. The van der Waals surface area contributed by atoms with Crippen LogP contribution in [0.1, 0.15) is 43.0 Å². The first kappa shape index (κ1) is 14.2. The zero-order valence-corrected chi connectivity index (χ0v) is 11.2. The van der Waals surface area contributed by atoms with Gasteiger partial charge in [0.25, 0.3) is 0 Å². The monoisotopic (exact) mass is 266 g/mol. The molecule has 0 saturated carbocycles. The third-order valence-corrected chi connectivity index (χ3v) is 3.34. The zero-order chi connectivity index (χ0) is 13.7. The average Bonchev–Trinajstić information content (AvgIpc) is 2.86. The molecule has 1 aromatic rings. The van der Waals surface area contributed by atoms with Crippen LogP contribution in [0.3, 0.4) is 0 Å². The van der Waals surface area contributed by atoms with Crippen molar-refractivity contribution in [2.75, 3.05) is 13.2 Å². The zero-order valence-electron chi connectivity index (χ0n) is 11.2. The quantitative estimate of drug-likeness (QED) is 0.741. The maximum atomic E-state index is 12.8. The molecule has 0 bridgehead atoms. The van der Waals surface area contributed by atoms with E-state index in [0.717, 1.165) is 12.8 Å². The Bertz CT molecular complexity index is 422. The Balaban J connectivity index is 1.93. The summed E-state index contributed by atoms with van der Waals surface area (Å²) in [5.41, 5.74) is 0.533. The van der Waals surface area contributed by atoms with Crippen LogP contribution >= 0.6 is 0 Å². The number of ether oxygens (including phenoxy) is 2. The summed E-state index contributed by atoms with van der Waals surface area (Å²) in [6, 6.07) is 5.64. The molecule has 19 heavy (non-hydrogen) atoms. The molecule has 0 spiro atoms. The third-order valence-electron chi connectivity index (χ3n) is 3.34. The standard InChI is InChI=1S/C15H19FO3/c1-2-8-15(18-10-11-19-15)9-7-14(17)12-3-5-13(16)6-4-12/h3-6H,2,7-11H2,1H3. The van der Waals surface area contributed by atoms with Crippen molar-refractivity contribution in [1.82, 2.24) is 0 Å². The summed E-state index contributed by atoms with van der Waals surface area (Å²) in [5.74, 6) is -0.930. The molecule has 104 valence electrons. The lowest BCUT2D eigenvalue weighted by molar-refractivity contribution is -0.166. The Hall–Kier alpha value is -1.26. The molecular weight excluding hydrogens is 247 g/mol. The summed E-state index contributed by atoms with van der Waals surface area (Å²) < 4.78 is 24.1. The second-order valence-corrected chi connectivity index (χ2v) is 4.79. The molecule has 0 N–H and O–H groups in total. The first-order valence-electron chi connectivity index (χ1n) is 6.72. The number of carbonyl (C=O) groups excluding carboxylic acids is 1. The van der Waals surface area contributed by atoms with Gasteiger partial charge in [0.1, 0.15) is 5.82 Å². The van der Waals surface area contributed by atoms with E-state index in [1.165, 1.54) is 24.3 Å². The highest BCUT2D eigenvalue weighted by Crippen LogP contribution is 2.30. The van der Waals surface area contributed by atoms with Crippen LogP contribution in [-0.4, -0.2) is 24.8 Å². The van der Waals surface area contributed by atoms with Gasteiger partial charge in [-0.15, -0.1) is 0 Å². The molecule has 1 aliphatic rings. The molecular formula is C15H19FO3. The minimum absolute atomic E-state index is 0.00502. The van der Waals surface area contributed by atoms with Gasteiger partial charge >= 0.3 is 0 Å². The Morgan fingerprint density at radius 2 is 1.84 bits per heavy atom. The Morgan fingerprint density at radius 3 is 2.42 bits per heavy atom. The van der Waals surface area contributed by atoms with Crippen LogP contribution in [0.5, 0.6) is 0 Å². The number of hydrogen-bond donors (Lipinski definition) is 0. The number of halogens is 1. The first-order valence-corrected chi connectivity index (χ1v) is 6.72. The van der Waals surface area contributed by atoms with E-state index >= 15 is 0 Å². The van der Waals surface area contributed by atoms with Gasteiger partial charge in [-0.3, -0.25) is 4.79 Å². The van der Waals surface area contributed by atoms with Crippen molar-refractivity contribution in [3.05, 3.63) is 35.6 Å². The van der Waals surface area contributed by atoms with E-state index in [9.17, 15) is 9.18 Å². The topological polar surface area (TPSA) is 35.5 Å². The highest BCUT2D eigenvalue weighted by molar-refractivity contribution is 5.96. The summed E-state index contributed by atoms with van der Waals surface area (Å²) in [5, 5.41) is 0. The van der Waals surface area contributed by atoms with Gasteiger partial charge in [-0.25, -0.2) is 4.39 Å². The van der Waals surface area contributed by atoms with Gasteiger partial charge in [-0.1, -0.05) is 13.3 Å². The normalized spacial score (nSPS) is 17.6. The number of Topliss-reactive ketones (excluding diaryl/α,β-unsaturated/α-hetero) is 1. The average molecular weight is 266 g/mol. The van der Waals surface area contributed by atoms with Gasteiger partial charge in [-0.2, -0.15) is 0 Å². The van der Waals surface area contributed by atoms with Crippen LogP contribution in [-0.2, 0) is 9.47 Å². The van der Waals surface area contributed by atoms with Crippen molar-refractivity contribution >= 4 is 5.78 Å². The molecule has 0 unspecified atom stereocenters. The Labute approximate surface area is 112 Å². The molecule has 0 aliphatic carbocycles. The predicted octanol–water partition coefficient (Wildman–Crippen LogP) is 3.33. The Kier molecular flexibility index (Phi) is 4.66. The lowest BCUT2D eigenvalue weighted by atomic mass is 10.00. The van der Waals surface area contributed by atoms with Crippen molar-refractivity contribution in [2.45, 2.75) is 38.4 Å². The minimum Gasteiger partial charge on any atom is -0.348 e. The van der Waals surface area contributed by atoms with Gasteiger partial charge in [0.05, 0.1) is 13.2 Å². The Morgan fingerprint density at radius 1 is 1.21 bits per heavy atom. The second kappa shape index (κ2) is 6.26. The molecule has 1 saturated heterocycles. The van der Waals surface area contributed by atoms with Gasteiger partial charge < -0.3 is 9.47 Å². The fraction of sp³-hybridized carbons (Fsp3) is 0.533. The lowest BCUT2D eigenvalue weighted by Gasteiger charge is -2.26. The van der Waals surface area contributed by atoms with Crippen molar-refractivity contribution < 1.29 is 18.7 Å². The van der Waals surface area contributed by atoms with Crippen LogP contribution in [0.25, 0.3) is 0 Å². The molecule has 0 radical (unpaired) electrons. The molecule has 0 atom stereocenters. The van der Waals surface area contributed by atoms with E-state index in [2.05, 4.69) is 6.92 Å². The maximum Gasteiger partial charge on any atom is 0.168 e. The fourth-order valence-electron chi connectivity index (χ4n) is 2.38. The van der Waals surface area contributed by atoms with Gasteiger partial charge in [0.15, 0.2) is 11.6 Å². The van der Waals surface area contributed by atoms with Crippen molar-refractivity contribution in [3.63, 3.8) is 0 Å². The van der Waals surface area contributed by atoms with E-state index < -0.39 is 5.79 Å². The van der Waals surface area contributed by atoms with E-state index in [4.69, 9.17) is 9.47 Å². The van der Waals surface area contributed by atoms with E-state index in [1.807, 2.05) is 0 Å². The molecule has 2 rings (SSSR count). The van der Waals surface area contributed by atoms with Crippen LogP contribution in [0.15, 0.2) is 24.3 Å². The number of rotatable bonds is 6. The number of ketones is 1. The van der Waals surface area contributed by atoms with Gasteiger partial charge in [0, 0.05) is 24.8 Å². The first-order chi connectivity index (χ1) is 9.15. The smallest absolute Gasteiger partial charge is 0.168 e. The number of hydrogen-bond acceptors (Lipinski definition) is 3. The van der Waals surface area contributed by atoms with Crippen LogP contribution in [0, 0.1) is 5.82 Å². The molecule has 1 heterocycles. The molecule has 0 amide bonds. The minimum atomic E-state index is -0.593. The summed E-state index contributed by atoms with van der Waals surface area (Å²) in [6.07, 6.45) is 2.65. The molecule has 1 aliphatic heterocycles. The third kappa shape index (κ3) is 3.61. The second-order valence-electron chi connectivity index (χ2n) is 4.79. The largest absolute Gasteiger partial charge is 0.348 e. The highest BCUT2D eigenvalue weighted by Gasteiger charge is 2.35. The lowest BCUT2D eigenvalue weighted by Crippen LogP contribution is -2.30. The van der Waals surface area contributed by atoms with Crippen LogP contribution in [0.2, 0.25) is 0 Å². The van der Waals surface area contributed by atoms with E-state index in [1.54, 1.807) is 0 Å². The van der Waals surface area contributed by atoms with Gasteiger partial charge in [-0.05, 0) is 24.3 Å². The molecule has 1 fully saturated rings. The van der Waals surface area contributed by atoms with E-state index in [-0.39, 0.29) is 11.6 Å². The van der Waals surface area contributed by atoms with Crippen molar-refractivity contribution in [3.8, 4) is 0 Å². The van der Waals surface area contributed by atoms with E-state index in [0.29, 0.717) is 31.6 Å². The van der Waals surface area contributed by atoms with Gasteiger partial charge in [0.2, 0.25) is 0 Å². The fourth-order valence-corrected chi connectivity index (χ4v) is 2.38. The number of carbonyl (C=O) groups is 1. The van der Waals surface area contributed by atoms with Crippen LogP contribution in [0.4, 0.5) is 4.39 Å². The maximum absolute atomic E-state index is 12.8.